The van der Waals surface area contributed by atoms with Gasteiger partial charge in [0.25, 0.3) is 0 Å². The normalized spacial score (nSPS) is 17.5. The van der Waals surface area contributed by atoms with Crippen LogP contribution in [0, 0.1) is 11.6 Å². The SMILES string of the molecule is CCN(C)S(=O)(=O)Nc1ccc(F)c(C(=O)c2c[nH]c3ncc(-c4cnc(N5CCC(N(C(=O)O)C(=O)N6CCC(c7ccc(NC8CCC(=O)NC8=O)cc7)CC6)CC5)nc4)cc23)c1F. The van der Waals surface area contributed by atoms with E-state index < -0.39 is 63.1 Å². The average Bonchev–Trinajstić information content (AvgIpc) is 3.75. The smallest absolute Gasteiger partial charge is 0.415 e. The Bertz CT molecular complexity index is 2790. The van der Waals surface area contributed by atoms with Crippen molar-refractivity contribution in [1.29, 1.82) is 0 Å². The molecule has 3 fully saturated rings. The molecular formula is C44H47F2N11O8S. The molecular weight excluding hydrogens is 881 g/mol. The molecule has 1 unspecified atom stereocenters. The Morgan fingerprint density at radius 1 is 0.909 bits per heavy atom. The number of carbonyl (C=O) groups excluding carboxylic acids is 4. The largest absolute Gasteiger partial charge is 0.465 e. The maximum absolute atomic E-state index is 15.6. The number of rotatable bonds is 12. The lowest BCUT2D eigenvalue weighted by Crippen LogP contribution is -2.55. The number of carboxylic acid groups (broad SMARTS) is 1. The van der Waals surface area contributed by atoms with Crippen LogP contribution in [0.2, 0.25) is 0 Å². The number of imide groups is 2. The number of halogens is 2. The van der Waals surface area contributed by atoms with Crippen LogP contribution < -0.4 is 20.3 Å². The highest BCUT2D eigenvalue weighted by molar-refractivity contribution is 7.90. The summed E-state index contributed by atoms with van der Waals surface area (Å²) in [5.74, 6) is -3.67. The number of carbonyl (C=O) groups is 5. The van der Waals surface area contributed by atoms with Crippen LogP contribution in [0.25, 0.3) is 22.2 Å². The lowest BCUT2D eigenvalue weighted by atomic mass is 9.89. The molecule has 8 rings (SSSR count). The van der Waals surface area contributed by atoms with Crippen LogP contribution in [0.1, 0.15) is 72.9 Å². The molecule has 0 bridgehead atoms. The summed E-state index contributed by atoms with van der Waals surface area (Å²) in [7, 11) is -2.90. The van der Waals surface area contributed by atoms with Gasteiger partial charge in [0, 0.05) is 105 Å². The first-order chi connectivity index (χ1) is 31.6. The van der Waals surface area contributed by atoms with Crippen molar-refractivity contribution in [3.05, 3.63) is 95.6 Å². The number of nitrogens with zero attached hydrogens (tertiary/aromatic N) is 7. The molecule has 3 aromatic heterocycles. The van der Waals surface area contributed by atoms with Crippen LogP contribution in [-0.4, -0.2) is 129 Å². The van der Waals surface area contributed by atoms with Gasteiger partial charge >= 0.3 is 22.3 Å². The molecule has 1 atom stereocenters. The molecule has 5 N–H and O–H groups in total. The molecule has 346 valence electrons. The lowest BCUT2D eigenvalue weighted by molar-refractivity contribution is -0.133. The second-order valence-electron chi connectivity index (χ2n) is 16.4. The number of hydrogen-bond donors (Lipinski definition) is 5. The summed E-state index contributed by atoms with van der Waals surface area (Å²) in [6.45, 7) is 3.20. The van der Waals surface area contributed by atoms with Crippen LogP contribution in [0.15, 0.2) is 67.3 Å². The second kappa shape index (κ2) is 18.8. The number of ketones is 1. The van der Waals surface area contributed by atoms with Crippen molar-refractivity contribution in [3.8, 4) is 11.1 Å². The fourth-order valence-electron chi connectivity index (χ4n) is 8.50. The van der Waals surface area contributed by atoms with E-state index in [1.165, 1.54) is 19.4 Å². The lowest BCUT2D eigenvalue weighted by Gasteiger charge is -2.40. The Morgan fingerprint density at radius 3 is 2.24 bits per heavy atom. The molecule has 3 aliphatic heterocycles. The molecule has 5 amide bonds. The number of pyridine rings is 1. The number of aromatic amines is 1. The van der Waals surface area contributed by atoms with Crippen molar-refractivity contribution in [3.63, 3.8) is 0 Å². The summed E-state index contributed by atoms with van der Waals surface area (Å²) in [4.78, 5) is 84.2. The molecule has 0 radical (unpaired) electrons. The Kier molecular flexibility index (Phi) is 13.0. The van der Waals surface area contributed by atoms with E-state index >= 15 is 8.78 Å². The molecule has 2 aromatic carbocycles. The zero-order chi connectivity index (χ0) is 46.9. The van der Waals surface area contributed by atoms with Gasteiger partial charge in [-0.1, -0.05) is 19.1 Å². The van der Waals surface area contributed by atoms with Crippen molar-refractivity contribution in [2.24, 2.45) is 0 Å². The standard InChI is InChI=1S/C44H47F2N11O8S/c1-3-54(2)66(64,65)53-34-9-8-33(45)37(38(34)46)39(59)32-24-48-40-31(32)20-27(21-47-40)28-22-49-42(50-23-28)55-18-14-30(15-19-55)57(44(62)63)43(61)56-16-12-26(13-17-56)25-4-6-29(7-5-25)51-35-10-11-36(58)52-41(35)60/h4-9,20-24,26,30,35,51,53H,3,10-19H2,1-2H3,(H,47,48)(H,62,63)(H,52,58,60). The van der Waals surface area contributed by atoms with E-state index in [-0.39, 0.29) is 47.3 Å². The summed E-state index contributed by atoms with van der Waals surface area (Å²) < 4.78 is 58.8. The van der Waals surface area contributed by atoms with E-state index in [0.717, 1.165) is 32.6 Å². The van der Waals surface area contributed by atoms with E-state index in [1.54, 1.807) is 30.3 Å². The first-order valence-electron chi connectivity index (χ1n) is 21.4. The second-order valence-corrected chi connectivity index (χ2v) is 18.2. The monoisotopic (exact) mass is 927 g/mol. The number of amides is 5. The maximum atomic E-state index is 15.6. The highest BCUT2D eigenvalue weighted by atomic mass is 32.2. The molecule has 0 aliphatic carbocycles. The molecule has 22 heteroatoms. The van der Waals surface area contributed by atoms with Gasteiger partial charge < -0.3 is 25.2 Å². The number of piperidine rings is 3. The maximum Gasteiger partial charge on any atom is 0.415 e. The van der Waals surface area contributed by atoms with Crippen molar-refractivity contribution in [2.45, 2.75) is 63.5 Å². The van der Waals surface area contributed by atoms with E-state index in [9.17, 15) is 37.5 Å². The first-order valence-corrected chi connectivity index (χ1v) is 22.9. The fraction of sp³-hybridized carbons (Fsp3) is 0.364. The number of fused-ring (bicyclic) bond motifs is 1. The van der Waals surface area contributed by atoms with Gasteiger partial charge in [0.1, 0.15) is 17.5 Å². The summed E-state index contributed by atoms with van der Waals surface area (Å²) in [6.07, 6.45) is 7.29. The van der Waals surface area contributed by atoms with E-state index in [4.69, 9.17) is 0 Å². The summed E-state index contributed by atoms with van der Waals surface area (Å²) in [6, 6.07) is 9.45. The minimum Gasteiger partial charge on any atom is -0.465 e. The topological polar surface area (TPSA) is 243 Å². The van der Waals surface area contributed by atoms with Crippen molar-refractivity contribution < 1.29 is 46.3 Å². The van der Waals surface area contributed by atoms with Gasteiger partial charge in [0.05, 0.1) is 11.3 Å². The van der Waals surface area contributed by atoms with Gasteiger partial charge in [-0.2, -0.15) is 12.7 Å². The average molecular weight is 928 g/mol. The predicted molar refractivity (Wildman–Crippen MR) is 238 cm³/mol. The Balaban J connectivity index is 0.871. The number of hydrogen-bond acceptors (Lipinski definition) is 12. The highest BCUT2D eigenvalue weighted by Gasteiger charge is 2.37. The molecule has 6 heterocycles. The fourth-order valence-corrected chi connectivity index (χ4v) is 9.43. The summed E-state index contributed by atoms with van der Waals surface area (Å²) >= 11 is 0. The molecule has 5 aromatic rings. The third-order valence-electron chi connectivity index (χ3n) is 12.4. The Hall–Kier alpha value is -7.07. The van der Waals surface area contributed by atoms with Gasteiger partial charge in [0.2, 0.25) is 23.5 Å². The number of likely N-dealkylation sites (tertiary alicyclic amines) is 1. The van der Waals surface area contributed by atoms with Gasteiger partial charge in [-0.05, 0) is 73.9 Å². The van der Waals surface area contributed by atoms with Crippen molar-refractivity contribution >= 4 is 68.3 Å². The van der Waals surface area contributed by atoms with Crippen molar-refractivity contribution in [2.75, 3.05) is 54.7 Å². The quantitative estimate of drug-likeness (QED) is 0.0789. The molecule has 3 aliphatic rings. The first kappa shape index (κ1) is 45.5. The molecule has 3 saturated heterocycles. The van der Waals surface area contributed by atoms with Gasteiger partial charge in [-0.25, -0.2) is 38.2 Å². The highest BCUT2D eigenvalue weighted by Crippen LogP contribution is 2.33. The van der Waals surface area contributed by atoms with E-state index in [1.807, 2.05) is 29.2 Å². The minimum atomic E-state index is -4.18. The number of anilines is 3. The number of H-pyrrole nitrogens is 1. The third-order valence-corrected chi connectivity index (χ3v) is 14.0. The van der Waals surface area contributed by atoms with Gasteiger partial charge in [0.15, 0.2) is 5.82 Å². The molecule has 66 heavy (non-hydrogen) atoms. The zero-order valence-corrected chi connectivity index (χ0v) is 36.8. The van der Waals surface area contributed by atoms with Crippen LogP contribution >= 0.6 is 0 Å². The molecule has 0 spiro atoms. The van der Waals surface area contributed by atoms with E-state index in [0.29, 0.717) is 75.4 Å². The van der Waals surface area contributed by atoms with Crippen LogP contribution in [0.3, 0.4) is 0 Å². The van der Waals surface area contributed by atoms with Gasteiger partial charge in [-0.3, -0.25) is 24.4 Å². The number of nitrogens with one attached hydrogen (secondary N) is 4. The summed E-state index contributed by atoms with van der Waals surface area (Å²) in [5, 5.41) is 16.0. The predicted octanol–water partition coefficient (Wildman–Crippen LogP) is 5.30. The Morgan fingerprint density at radius 2 is 1.59 bits per heavy atom. The van der Waals surface area contributed by atoms with E-state index in [2.05, 4.69) is 35.3 Å². The van der Waals surface area contributed by atoms with Crippen LogP contribution in [-0.2, 0) is 19.8 Å². The summed E-state index contributed by atoms with van der Waals surface area (Å²) in [5.41, 5.74) is 1.45. The molecule has 0 saturated carbocycles. The van der Waals surface area contributed by atoms with Gasteiger partial charge in [-0.15, -0.1) is 0 Å². The van der Waals surface area contributed by atoms with Crippen LogP contribution in [0.5, 0.6) is 0 Å². The van der Waals surface area contributed by atoms with Crippen LogP contribution in [0.4, 0.5) is 35.7 Å². The Labute approximate surface area is 377 Å². The number of aromatic nitrogens is 4. The van der Waals surface area contributed by atoms with Crippen molar-refractivity contribution in [1.82, 2.24) is 39.4 Å². The number of urea groups is 1. The number of benzene rings is 2. The minimum absolute atomic E-state index is 0.0803. The molecule has 19 nitrogen and oxygen atoms in total. The third kappa shape index (κ3) is 9.36. The zero-order valence-electron chi connectivity index (χ0n) is 36.0.